The van der Waals surface area contributed by atoms with Gasteiger partial charge in [0, 0.05) is 34.4 Å². The van der Waals surface area contributed by atoms with Crippen molar-refractivity contribution in [2.24, 2.45) is 5.92 Å². The summed E-state index contributed by atoms with van der Waals surface area (Å²) in [7, 11) is 0. The normalized spacial score (nSPS) is 25.6. The van der Waals surface area contributed by atoms with Gasteiger partial charge in [0.15, 0.2) is 0 Å². The summed E-state index contributed by atoms with van der Waals surface area (Å²) in [5, 5.41) is 0.550. The Hall–Kier alpha value is -0.870. The molecule has 2 aliphatic rings. The van der Waals surface area contributed by atoms with Crippen LogP contribution in [-0.4, -0.2) is 29.2 Å². The van der Waals surface area contributed by atoms with Gasteiger partial charge in [-0.05, 0) is 59.8 Å². The molecule has 1 aliphatic carbocycles. The van der Waals surface area contributed by atoms with Gasteiger partial charge >= 0.3 is 0 Å². The minimum Gasteiger partial charge on any atom is -0.335 e. The van der Waals surface area contributed by atoms with Gasteiger partial charge in [-0.15, -0.1) is 0 Å². The highest BCUT2D eigenvalue weighted by molar-refractivity contribution is 9.10. The van der Waals surface area contributed by atoms with Crippen molar-refractivity contribution in [3.8, 4) is 0 Å². The van der Waals surface area contributed by atoms with E-state index in [9.17, 15) is 9.59 Å². The first-order valence-corrected chi connectivity index (χ1v) is 8.54. The van der Waals surface area contributed by atoms with Crippen LogP contribution in [0.3, 0.4) is 0 Å². The van der Waals surface area contributed by atoms with Gasteiger partial charge in [-0.3, -0.25) is 9.59 Å². The zero-order chi connectivity index (χ0) is 15.0. The number of hydrogen-bond donors (Lipinski definition) is 0. The molecule has 0 spiro atoms. The van der Waals surface area contributed by atoms with Crippen LogP contribution < -0.4 is 0 Å². The predicted molar refractivity (Wildman–Crippen MR) is 85.6 cm³/mol. The number of amides is 1. The van der Waals surface area contributed by atoms with Gasteiger partial charge in [0.05, 0.1) is 5.56 Å². The molecule has 0 bridgehead atoms. The number of rotatable bonds is 2. The van der Waals surface area contributed by atoms with Crippen molar-refractivity contribution >= 4 is 39.2 Å². The Balaban J connectivity index is 1.86. The van der Waals surface area contributed by atoms with E-state index in [1.54, 1.807) is 18.2 Å². The standard InChI is InChI=1S/C16H17BrClNO2/c17-13-7-6-10(18)9-12(13)16(21)19-8-2-4-14(19)11-3-1-5-15(11)20/h6-7,9,11,14H,1-5,8H2. The molecule has 1 saturated heterocycles. The molecule has 3 rings (SSSR count). The minimum atomic E-state index is -0.0217. The summed E-state index contributed by atoms with van der Waals surface area (Å²) in [6.07, 6.45) is 4.45. The summed E-state index contributed by atoms with van der Waals surface area (Å²) in [6, 6.07) is 5.31. The van der Waals surface area contributed by atoms with E-state index in [4.69, 9.17) is 11.6 Å². The van der Waals surface area contributed by atoms with E-state index in [0.717, 1.165) is 36.7 Å². The molecule has 112 valence electrons. The predicted octanol–water partition coefficient (Wildman–Crippen LogP) is 4.08. The Morgan fingerprint density at radius 1 is 1.29 bits per heavy atom. The van der Waals surface area contributed by atoms with E-state index in [2.05, 4.69) is 15.9 Å². The third-order valence-corrected chi connectivity index (χ3v) is 5.46. The van der Waals surface area contributed by atoms with Gasteiger partial charge in [-0.2, -0.15) is 0 Å². The summed E-state index contributed by atoms with van der Waals surface area (Å²) in [5.74, 6) is 0.339. The summed E-state index contributed by atoms with van der Waals surface area (Å²) in [4.78, 5) is 26.7. The SMILES string of the molecule is O=C1CCCC1C1CCCN1C(=O)c1cc(Cl)ccc1Br. The summed E-state index contributed by atoms with van der Waals surface area (Å²) in [5.41, 5.74) is 0.583. The third-order valence-electron chi connectivity index (χ3n) is 4.54. The van der Waals surface area contributed by atoms with E-state index in [0.29, 0.717) is 22.8 Å². The van der Waals surface area contributed by atoms with Crippen LogP contribution in [0, 0.1) is 5.92 Å². The van der Waals surface area contributed by atoms with Crippen LogP contribution in [0.2, 0.25) is 5.02 Å². The molecule has 0 radical (unpaired) electrons. The second kappa shape index (κ2) is 6.09. The number of ketones is 1. The highest BCUT2D eigenvalue weighted by Crippen LogP contribution is 2.35. The summed E-state index contributed by atoms with van der Waals surface area (Å²) < 4.78 is 0.750. The van der Waals surface area contributed by atoms with E-state index in [-0.39, 0.29) is 17.9 Å². The minimum absolute atomic E-state index is 0.0217. The number of likely N-dealkylation sites (tertiary alicyclic amines) is 1. The average molecular weight is 371 g/mol. The van der Waals surface area contributed by atoms with Gasteiger partial charge in [-0.1, -0.05) is 11.6 Å². The number of hydrogen-bond acceptors (Lipinski definition) is 2. The lowest BCUT2D eigenvalue weighted by Crippen LogP contribution is -2.41. The number of carbonyl (C=O) groups is 2. The van der Waals surface area contributed by atoms with Gasteiger partial charge < -0.3 is 4.90 Å². The van der Waals surface area contributed by atoms with Crippen molar-refractivity contribution in [1.82, 2.24) is 4.90 Å². The molecule has 1 saturated carbocycles. The van der Waals surface area contributed by atoms with Gasteiger partial charge in [0.1, 0.15) is 5.78 Å². The molecule has 1 heterocycles. The Kier molecular flexibility index (Phi) is 4.36. The lowest BCUT2D eigenvalue weighted by molar-refractivity contribution is -0.121. The zero-order valence-corrected chi connectivity index (χ0v) is 14.0. The smallest absolute Gasteiger partial charge is 0.255 e. The maximum Gasteiger partial charge on any atom is 0.255 e. The molecule has 2 unspecified atom stereocenters. The first-order chi connectivity index (χ1) is 10.1. The van der Waals surface area contributed by atoms with Crippen molar-refractivity contribution in [3.05, 3.63) is 33.3 Å². The highest BCUT2D eigenvalue weighted by Gasteiger charge is 2.40. The molecule has 2 fully saturated rings. The Morgan fingerprint density at radius 3 is 2.81 bits per heavy atom. The molecule has 3 nitrogen and oxygen atoms in total. The quantitative estimate of drug-likeness (QED) is 0.787. The fourth-order valence-corrected chi connectivity index (χ4v) is 4.12. The van der Waals surface area contributed by atoms with Crippen LogP contribution in [0.4, 0.5) is 0 Å². The molecular weight excluding hydrogens is 354 g/mol. The van der Waals surface area contributed by atoms with Crippen LogP contribution in [0.25, 0.3) is 0 Å². The van der Waals surface area contributed by atoms with Gasteiger partial charge in [0.2, 0.25) is 0 Å². The zero-order valence-electron chi connectivity index (χ0n) is 11.6. The van der Waals surface area contributed by atoms with Crippen molar-refractivity contribution in [1.29, 1.82) is 0 Å². The lowest BCUT2D eigenvalue weighted by atomic mass is 9.94. The van der Waals surface area contributed by atoms with Gasteiger partial charge in [-0.25, -0.2) is 0 Å². The number of halogens is 2. The maximum absolute atomic E-state index is 12.8. The van der Waals surface area contributed by atoms with Crippen LogP contribution in [0.15, 0.2) is 22.7 Å². The van der Waals surface area contributed by atoms with E-state index < -0.39 is 0 Å². The number of carbonyl (C=O) groups excluding carboxylic acids is 2. The van der Waals surface area contributed by atoms with Crippen molar-refractivity contribution in [2.45, 2.75) is 38.1 Å². The molecular formula is C16H17BrClNO2. The van der Waals surface area contributed by atoms with Crippen LogP contribution in [0.5, 0.6) is 0 Å². The van der Waals surface area contributed by atoms with E-state index >= 15 is 0 Å². The first-order valence-electron chi connectivity index (χ1n) is 7.36. The lowest BCUT2D eigenvalue weighted by Gasteiger charge is -2.29. The van der Waals surface area contributed by atoms with Crippen molar-refractivity contribution in [2.75, 3.05) is 6.54 Å². The van der Waals surface area contributed by atoms with Crippen molar-refractivity contribution < 1.29 is 9.59 Å². The second-order valence-corrected chi connectivity index (χ2v) is 7.09. The van der Waals surface area contributed by atoms with Gasteiger partial charge in [0.25, 0.3) is 5.91 Å². The highest BCUT2D eigenvalue weighted by atomic mass is 79.9. The Bertz CT molecular complexity index is 590. The molecule has 1 aliphatic heterocycles. The third kappa shape index (κ3) is 2.88. The average Bonchev–Trinajstić information content (AvgIpc) is 3.08. The fourth-order valence-electron chi connectivity index (χ4n) is 3.53. The molecule has 0 N–H and O–H groups in total. The Labute approximate surface area is 137 Å². The molecule has 5 heteroatoms. The first kappa shape index (κ1) is 15.0. The van der Waals surface area contributed by atoms with Crippen LogP contribution in [-0.2, 0) is 4.79 Å². The van der Waals surface area contributed by atoms with E-state index in [1.165, 1.54) is 0 Å². The summed E-state index contributed by atoms with van der Waals surface area (Å²) in [6.45, 7) is 0.728. The summed E-state index contributed by atoms with van der Waals surface area (Å²) >= 11 is 9.43. The molecule has 2 atom stereocenters. The second-order valence-electron chi connectivity index (χ2n) is 5.80. The largest absolute Gasteiger partial charge is 0.335 e. The van der Waals surface area contributed by atoms with Crippen molar-refractivity contribution in [3.63, 3.8) is 0 Å². The number of nitrogens with zero attached hydrogens (tertiary/aromatic N) is 1. The Morgan fingerprint density at radius 2 is 2.10 bits per heavy atom. The number of Topliss-reactive ketones (excluding diaryl/α,β-unsaturated/α-hetero) is 1. The monoisotopic (exact) mass is 369 g/mol. The molecule has 1 amide bonds. The van der Waals surface area contributed by atoms with Crippen LogP contribution in [0.1, 0.15) is 42.5 Å². The topological polar surface area (TPSA) is 37.4 Å². The van der Waals surface area contributed by atoms with E-state index in [1.807, 2.05) is 4.90 Å². The number of benzene rings is 1. The maximum atomic E-state index is 12.8. The fraction of sp³-hybridized carbons (Fsp3) is 0.500. The molecule has 21 heavy (non-hydrogen) atoms. The molecule has 1 aromatic carbocycles. The molecule has 0 aromatic heterocycles. The molecule has 1 aromatic rings. The van der Waals surface area contributed by atoms with Crippen LogP contribution >= 0.6 is 27.5 Å².